The van der Waals surface area contributed by atoms with Crippen molar-refractivity contribution in [2.75, 3.05) is 31.1 Å². The van der Waals surface area contributed by atoms with Crippen molar-refractivity contribution < 1.29 is 13.4 Å². The van der Waals surface area contributed by atoms with Crippen LogP contribution in [-0.4, -0.2) is 46.2 Å². The van der Waals surface area contributed by atoms with E-state index in [-0.39, 0.29) is 17.4 Å². The van der Waals surface area contributed by atoms with Crippen molar-refractivity contribution in [1.29, 1.82) is 0 Å². The maximum atomic E-state index is 12.8. The highest BCUT2D eigenvalue weighted by molar-refractivity contribution is 7.84. The summed E-state index contributed by atoms with van der Waals surface area (Å²) in [5.74, 6) is 1.70. The number of hydrogen-bond donors (Lipinski definition) is 0. The molecular formula is C21H20ClN3O3S. The van der Waals surface area contributed by atoms with Crippen LogP contribution in [0.15, 0.2) is 70.1 Å². The number of furan rings is 1. The minimum absolute atomic E-state index is 0.152. The number of halogens is 1. The largest absolute Gasteiger partial charge is 0.455 e. The number of hydrogen-bond acceptors (Lipinski definition) is 5. The first-order valence-electron chi connectivity index (χ1n) is 9.29. The standard InChI is InChI=1S/C21H20ClN3O3S/c22-17-5-1-2-6-19(17)29(27)15-16-8-9-18(28-16)21(26)25-13-11-24(12-14-25)20-7-3-4-10-23-20/h1-10H,11-15H2/t29-/m1/s1. The van der Waals surface area contributed by atoms with Gasteiger partial charge in [-0.3, -0.25) is 9.00 Å². The number of aromatic nitrogens is 1. The number of pyridine rings is 1. The molecule has 3 aromatic rings. The lowest BCUT2D eigenvalue weighted by molar-refractivity contribution is 0.0713. The van der Waals surface area contributed by atoms with Gasteiger partial charge in [-0.15, -0.1) is 0 Å². The molecule has 6 nitrogen and oxygen atoms in total. The Morgan fingerprint density at radius 1 is 1.03 bits per heavy atom. The van der Waals surface area contributed by atoms with Crippen LogP contribution in [0.1, 0.15) is 16.3 Å². The topological polar surface area (TPSA) is 66.7 Å². The zero-order chi connectivity index (χ0) is 20.2. The highest BCUT2D eigenvalue weighted by Gasteiger charge is 2.25. The van der Waals surface area contributed by atoms with Crippen molar-refractivity contribution in [3.05, 3.63) is 77.3 Å². The minimum Gasteiger partial charge on any atom is -0.455 e. The molecule has 1 aliphatic heterocycles. The molecule has 1 amide bonds. The lowest BCUT2D eigenvalue weighted by Gasteiger charge is -2.34. The van der Waals surface area contributed by atoms with Crippen molar-refractivity contribution in [2.24, 2.45) is 0 Å². The van der Waals surface area contributed by atoms with E-state index in [1.165, 1.54) is 0 Å². The number of benzene rings is 1. The van der Waals surface area contributed by atoms with Gasteiger partial charge in [0.2, 0.25) is 0 Å². The zero-order valence-electron chi connectivity index (χ0n) is 15.7. The summed E-state index contributed by atoms with van der Waals surface area (Å²) in [6, 6.07) is 16.2. The maximum Gasteiger partial charge on any atom is 0.289 e. The van der Waals surface area contributed by atoms with E-state index in [0.29, 0.717) is 41.9 Å². The summed E-state index contributed by atoms with van der Waals surface area (Å²) in [4.78, 5) is 21.6. The Kier molecular flexibility index (Phi) is 5.97. The van der Waals surface area contributed by atoms with Gasteiger partial charge in [0.05, 0.1) is 26.5 Å². The number of carbonyl (C=O) groups is 1. The van der Waals surface area contributed by atoms with Gasteiger partial charge in [0.1, 0.15) is 11.6 Å². The molecule has 0 saturated carbocycles. The molecule has 1 atom stereocenters. The SMILES string of the molecule is O=C(c1ccc(C[S@@](=O)c2ccccc2Cl)o1)N1CCN(c2ccccn2)CC1. The van der Waals surface area contributed by atoms with E-state index >= 15 is 0 Å². The lowest BCUT2D eigenvalue weighted by atomic mass is 10.2. The van der Waals surface area contributed by atoms with E-state index in [9.17, 15) is 9.00 Å². The second-order valence-electron chi connectivity index (χ2n) is 6.65. The van der Waals surface area contributed by atoms with Crippen LogP contribution < -0.4 is 4.90 Å². The summed E-state index contributed by atoms with van der Waals surface area (Å²) in [7, 11) is -1.34. The Hall–Kier alpha value is -2.64. The van der Waals surface area contributed by atoms with E-state index in [1.807, 2.05) is 18.2 Å². The Morgan fingerprint density at radius 2 is 1.79 bits per heavy atom. The third-order valence-electron chi connectivity index (χ3n) is 4.77. The normalized spacial score (nSPS) is 15.3. The smallest absolute Gasteiger partial charge is 0.289 e. The Morgan fingerprint density at radius 3 is 2.52 bits per heavy atom. The summed E-state index contributed by atoms with van der Waals surface area (Å²) in [5, 5.41) is 0.458. The van der Waals surface area contributed by atoms with Crippen LogP contribution in [0.4, 0.5) is 5.82 Å². The molecule has 29 heavy (non-hydrogen) atoms. The van der Waals surface area contributed by atoms with Gasteiger partial charge in [-0.1, -0.05) is 29.8 Å². The van der Waals surface area contributed by atoms with Gasteiger partial charge in [-0.2, -0.15) is 0 Å². The highest BCUT2D eigenvalue weighted by atomic mass is 35.5. The van der Waals surface area contributed by atoms with Crippen LogP contribution in [0.5, 0.6) is 0 Å². The summed E-state index contributed by atoms with van der Waals surface area (Å²) in [6.07, 6.45) is 1.77. The first kappa shape index (κ1) is 19.7. The van der Waals surface area contributed by atoms with Crippen LogP contribution in [0, 0.1) is 0 Å². The number of amides is 1. The van der Waals surface area contributed by atoms with E-state index in [0.717, 1.165) is 5.82 Å². The molecule has 0 radical (unpaired) electrons. The summed E-state index contributed by atoms with van der Waals surface area (Å²) >= 11 is 6.11. The number of nitrogens with zero attached hydrogens (tertiary/aromatic N) is 3. The van der Waals surface area contributed by atoms with Crippen molar-refractivity contribution in [3.8, 4) is 0 Å². The number of rotatable bonds is 5. The fourth-order valence-corrected chi connectivity index (χ4v) is 4.72. The molecule has 2 aromatic heterocycles. The number of anilines is 1. The molecule has 3 heterocycles. The van der Waals surface area contributed by atoms with E-state index < -0.39 is 10.8 Å². The third kappa shape index (κ3) is 4.52. The van der Waals surface area contributed by atoms with Gasteiger partial charge < -0.3 is 14.2 Å². The van der Waals surface area contributed by atoms with Crippen molar-refractivity contribution in [3.63, 3.8) is 0 Å². The van der Waals surface area contributed by atoms with Crippen molar-refractivity contribution in [1.82, 2.24) is 9.88 Å². The fraction of sp³-hybridized carbons (Fsp3) is 0.238. The average Bonchev–Trinajstić information content (AvgIpc) is 3.22. The van der Waals surface area contributed by atoms with Gasteiger partial charge in [0.15, 0.2) is 5.76 Å². The first-order chi connectivity index (χ1) is 14.1. The van der Waals surface area contributed by atoms with Gasteiger partial charge >= 0.3 is 0 Å². The van der Waals surface area contributed by atoms with Gasteiger partial charge in [-0.05, 0) is 36.4 Å². The maximum absolute atomic E-state index is 12.8. The van der Waals surface area contributed by atoms with Crippen LogP contribution >= 0.6 is 11.6 Å². The Bertz CT molecular complexity index is 1020. The zero-order valence-corrected chi connectivity index (χ0v) is 17.2. The second-order valence-corrected chi connectivity index (χ2v) is 8.48. The molecule has 0 bridgehead atoms. The summed E-state index contributed by atoms with van der Waals surface area (Å²) < 4.78 is 18.2. The molecule has 0 N–H and O–H groups in total. The van der Waals surface area contributed by atoms with Crippen molar-refractivity contribution >= 4 is 34.1 Å². The van der Waals surface area contributed by atoms with E-state index in [4.69, 9.17) is 16.0 Å². The molecule has 0 unspecified atom stereocenters. The van der Waals surface area contributed by atoms with E-state index in [2.05, 4.69) is 9.88 Å². The molecule has 0 spiro atoms. The Balaban J connectivity index is 1.36. The summed E-state index contributed by atoms with van der Waals surface area (Å²) in [6.45, 7) is 2.62. The Labute approximate surface area is 176 Å². The molecule has 150 valence electrons. The van der Waals surface area contributed by atoms with Crippen LogP contribution in [0.25, 0.3) is 0 Å². The van der Waals surface area contributed by atoms with Crippen molar-refractivity contribution in [2.45, 2.75) is 10.6 Å². The fourth-order valence-electron chi connectivity index (χ4n) is 3.24. The second kappa shape index (κ2) is 8.80. The molecule has 1 aliphatic rings. The summed E-state index contributed by atoms with van der Waals surface area (Å²) in [5.41, 5.74) is 0. The highest BCUT2D eigenvalue weighted by Crippen LogP contribution is 2.23. The third-order valence-corrected chi connectivity index (χ3v) is 6.60. The van der Waals surface area contributed by atoms with Crippen LogP contribution in [0.3, 0.4) is 0 Å². The first-order valence-corrected chi connectivity index (χ1v) is 11.0. The predicted molar refractivity (Wildman–Crippen MR) is 113 cm³/mol. The van der Waals surface area contributed by atoms with Crippen LogP contribution in [-0.2, 0) is 16.6 Å². The molecular weight excluding hydrogens is 410 g/mol. The van der Waals surface area contributed by atoms with Crippen LogP contribution in [0.2, 0.25) is 5.02 Å². The molecule has 8 heteroatoms. The molecule has 0 aliphatic carbocycles. The minimum atomic E-state index is -1.34. The van der Waals surface area contributed by atoms with Gasteiger partial charge in [0.25, 0.3) is 5.91 Å². The molecule has 1 saturated heterocycles. The van der Waals surface area contributed by atoms with E-state index in [1.54, 1.807) is 47.5 Å². The number of carbonyl (C=O) groups excluding carboxylic acids is 1. The monoisotopic (exact) mass is 429 g/mol. The molecule has 4 rings (SSSR count). The van der Waals surface area contributed by atoms with Gasteiger partial charge in [-0.25, -0.2) is 4.98 Å². The quantitative estimate of drug-likeness (QED) is 0.620. The lowest BCUT2D eigenvalue weighted by Crippen LogP contribution is -2.49. The molecule has 1 aromatic carbocycles. The predicted octanol–water partition coefficient (Wildman–Crippen LogP) is 3.60. The molecule has 1 fully saturated rings. The average molecular weight is 430 g/mol. The van der Waals surface area contributed by atoms with Gasteiger partial charge in [0, 0.05) is 32.4 Å². The number of piperazine rings is 1.